The van der Waals surface area contributed by atoms with Crippen molar-refractivity contribution in [1.82, 2.24) is 4.98 Å². The summed E-state index contributed by atoms with van der Waals surface area (Å²) in [6.45, 7) is 3.81. The first kappa shape index (κ1) is 12.4. The highest BCUT2D eigenvalue weighted by molar-refractivity contribution is 5.73. The van der Waals surface area contributed by atoms with E-state index in [2.05, 4.69) is 4.98 Å². The van der Waals surface area contributed by atoms with E-state index in [1.807, 2.05) is 38.1 Å². The van der Waals surface area contributed by atoms with Crippen molar-refractivity contribution in [3.8, 4) is 22.8 Å². The van der Waals surface area contributed by atoms with E-state index in [1.54, 1.807) is 12.1 Å². The molecule has 1 aromatic carbocycles. The van der Waals surface area contributed by atoms with E-state index in [0.717, 1.165) is 22.6 Å². The third kappa shape index (κ3) is 2.16. The molecule has 0 saturated carbocycles. The highest BCUT2D eigenvalue weighted by atomic mass is 16.4. The Morgan fingerprint density at radius 2 is 1.65 bits per heavy atom. The summed E-state index contributed by atoms with van der Waals surface area (Å²) in [6, 6.07) is 11.1. The van der Waals surface area contributed by atoms with E-state index in [4.69, 9.17) is 8.83 Å². The third-order valence-corrected chi connectivity index (χ3v) is 3.19. The summed E-state index contributed by atoms with van der Waals surface area (Å²) in [6.07, 6.45) is 0.691. The Kier molecular flexibility index (Phi) is 2.99. The lowest BCUT2D eigenvalue weighted by molar-refractivity contribution is 0.110. The zero-order valence-electron chi connectivity index (χ0n) is 11.2. The van der Waals surface area contributed by atoms with Crippen LogP contribution in [-0.4, -0.2) is 11.3 Å². The van der Waals surface area contributed by atoms with Crippen molar-refractivity contribution in [2.45, 2.75) is 13.8 Å². The molecule has 0 N–H and O–H groups in total. The number of rotatable bonds is 3. The first-order valence-corrected chi connectivity index (χ1v) is 6.27. The maximum Gasteiger partial charge on any atom is 0.226 e. The van der Waals surface area contributed by atoms with E-state index >= 15 is 0 Å². The number of aldehydes is 1. The third-order valence-electron chi connectivity index (χ3n) is 3.19. The second-order valence-electron chi connectivity index (χ2n) is 4.56. The first-order valence-electron chi connectivity index (χ1n) is 6.27. The molecule has 0 radical (unpaired) electrons. The summed E-state index contributed by atoms with van der Waals surface area (Å²) in [4.78, 5) is 15.0. The minimum Gasteiger partial charge on any atom is -0.453 e. The predicted octanol–water partition coefficient (Wildman–Crippen LogP) is 4.03. The van der Waals surface area contributed by atoms with E-state index in [1.165, 1.54) is 0 Å². The van der Waals surface area contributed by atoms with Gasteiger partial charge in [0, 0.05) is 11.1 Å². The van der Waals surface area contributed by atoms with Crippen molar-refractivity contribution < 1.29 is 13.6 Å². The van der Waals surface area contributed by atoms with Gasteiger partial charge in [-0.3, -0.25) is 4.79 Å². The van der Waals surface area contributed by atoms with Gasteiger partial charge >= 0.3 is 0 Å². The Hall–Kier alpha value is -2.62. The average Bonchev–Trinajstić information content (AvgIpc) is 3.07. The summed E-state index contributed by atoms with van der Waals surface area (Å²) in [5.74, 6) is 2.42. The fraction of sp³-hybridized carbons (Fsp3) is 0.125. The van der Waals surface area contributed by atoms with Crippen LogP contribution in [0.25, 0.3) is 22.8 Å². The molecule has 3 aromatic rings. The predicted molar refractivity (Wildman–Crippen MR) is 74.5 cm³/mol. The molecule has 20 heavy (non-hydrogen) atoms. The van der Waals surface area contributed by atoms with Crippen LogP contribution in [-0.2, 0) is 0 Å². The molecule has 0 fully saturated rings. The lowest BCUT2D eigenvalue weighted by Crippen LogP contribution is -1.79. The number of aryl methyl sites for hydroxylation is 2. The Morgan fingerprint density at radius 3 is 2.20 bits per heavy atom. The highest BCUT2D eigenvalue weighted by Gasteiger charge is 2.09. The zero-order chi connectivity index (χ0) is 14.1. The number of nitrogens with zero attached hydrogens (tertiary/aromatic N) is 1. The molecule has 2 heterocycles. The molecule has 0 aliphatic carbocycles. The Bertz CT molecular complexity index is 731. The molecule has 0 amide bonds. The molecule has 0 spiro atoms. The number of furan rings is 1. The minimum absolute atomic E-state index is 0.322. The van der Waals surface area contributed by atoms with Crippen molar-refractivity contribution in [3.63, 3.8) is 0 Å². The molecule has 0 bridgehead atoms. The van der Waals surface area contributed by atoms with Crippen LogP contribution in [0.2, 0.25) is 0 Å². The Labute approximate surface area is 116 Å². The number of hydrogen-bond acceptors (Lipinski definition) is 4. The Balaban J connectivity index is 1.92. The van der Waals surface area contributed by atoms with Crippen LogP contribution >= 0.6 is 0 Å². The summed E-state index contributed by atoms with van der Waals surface area (Å²) in [7, 11) is 0. The monoisotopic (exact) mass is 267 g/mol. The van der Waals surface area contributed by atoms with Crippen LogP contribution in [0, 0.1) is 13.8 Å². The van der Waals surface area contributed by atoms with Crippen molar-refractivity contribution in [3.05, 3.63) is 53.6 Å². The lowest BCUT2D eigenvalue weighted by atomic mass is 10.1. The fourth-order valence-corrected chi connectivity index (χ4v) is 1.94. The molecule has 4 heteroatoms. The number of oxazole rings is 1. The van der Waals surface area contributed by atoms with Crippen molar-refractivity contribution in [2.75, 3.05) is 0 Å². The highest BCUT2D eigenvalue weighted by Crippen LogP contribution is 2.26. The second kappa shape index (κ2) is 4.81. The van der Waals surface area contributed by atoms with Crippen LogP contribution < -0.4 is 0 Å². The summed E-state index contributed by atoms with van der Waals surface area (Å²) in [5.41, 5.74) is 2.71. The van der Waals surface area contributed by atoms with Gasteiger partial charge in [0.15, 0.2) is 12.0 Å². The van der Waals surface area contributed by atoms with Gasteiger partial charge in [0.2, 0.25) is 5.89 Å². The molecule has 3 rings (SSSR count). The fourth-order valence-electron chi connectivity index (χ4n) is 1.94. The summed E-state index contributed by atoms with van der Waals surface area (Å²) in [5, 5.41) is 0. The smallest absolute Gasteiger partial charge is 0.226 e. The number of aromatic nitrogens is 1. The first-order chi connectivity index (χ1) is 9.67. The van der Waals surface area contributed by atoms with E-state index in [0.29, 0.717) is 23.7 Å². The second-order valence-corrected chi connectivity index (χ2v) is 4.56. The summed E-state index contributed by atoms with van der Waals surface area (Å²) < 4.78 is 11.0. The van der Waals surface area contributed by atoms with E-state index in [-0.39, 0.29) is 0 Å². The SMILES string of the molecule is Cc1nc(-c2ccc(-c3ccc(C=O)o3)cc2)oc1C. The van der Waals surface area contributed by atoms with Gasteiger partial charge in [0.1, 0.15) is 11.5 Å². The molecule has 0 aliphatic heterocycles. The zero-order valence-corrected chi connectivity index (χ0v) is 11.2. The molecule has 0 unspecified atom stereocenters. The number of carbonyl (C=O) groups is 1. The van der Waals surface area contributed by atoms with Crippen LogP contribution in [0.1, 0.15) is 22.0 Å². The van der Waals surface area contributed by atoms with Crippen molar-refractivity contribution >= 4 is 6.29 Å². The summed E-state index contributed by atoms with van der Waals surface area (Å²) >= 11 is 0. The standard InChI is InChI=1S/C16H13NO3/c1-10-11(2)19-16(17-10)13-5-3-12(4-6-13)15-8-7-14(9-18)20-15/h3-9H,1-2H3. The van der Waals surface area contributed by atoms with E-state index in [9.17, 15) is 4.79 Å². The number of benzene rings is 1. The van der Waals surface area contributed by atoms with Crippen molar-refractivity contribution in [1.29, 1.82) is 0 Å². The van der Waals surface area contributed by atoms with E-state index < -0.39 is 0 Å². The molecule has 0 aliphatic rings. The van der Waals surface area contributed by atoms with Gasteiger partial charge in [-0.2, -0.15) is 0 Å². The Morgan fingerprint density at radius 1 is 0.950 bits per heavy atom. The molecule has 0 saturated heterocycles. The van der Waals surface area contributed by atoms with Gasteiger partial charge in [-0.1, -0.05) is 12.1 Å². The molecule has 4 nitrogen and oxygen atoms in total. The van der Waals surface area contributed by atoms with Crippen LogP contribution in [0.5, 0.6) is 0 Å². The topological polar surface area (TPSA) is 56.2 Å². The van der Waals surface area contributed by atoms with Crippen LogP contribution in [0.4, 0.5) is 0 Å². The molecule has 100 valence electrons. The van der Waals surface area contributed by atoms with Gasteiger partial charge in [0.05, 0.1) is 5.69 Å². The van der Waals surface area contributed by atoms with Gasteiger partial charge in [0.25, 0.3) is 0 Å². The normalized spacial score (nSPS) is 10.7. The quantitative estimate of drug-likeness (QED) is 0.672. The number of hydrogen-bond donors (Lipinski definition) is 0. The van der Waals surface area contributed by atoms with Gasteiger partial charge in [-0.15, -0.1) is 0 Å². The molecular weight excluding hydrogens is 254 g/mol. The molecule has 0 atom stereocenters. The lowest BCUT2D eigenvalue weighted by Gasteiger charge is -1.99. The van der Waals surface area contributed by atoms with Crippen LogP contribution in [0.3, 0.4) is 0 Å². The van der Waals surface area contributed by atoms with Crippen molar-refractivity contribution in [2.24, 2.45) is 0 Å². The average molecular weight is 267 g/mol. The van der Waals surface area contributed by atoms with Gasteiger partial charge < -0.3 is 8.83 Å². The minimum atomic E-state index is 0.322. The maximum atomic E-state index is 10.6. The van der Waals surface area contributed by atoms with Gasteiger partial charge in [-0.25, -0.2) is 4.98 Å². The molecule has 2 aromatic heterocycles. The van der Waals surface area contributed by atoms with Gasteiger partial charge in [-0.05, 0) is 38.1 Å². The molecular formula is C16H13NO3. The number of carbonyl (C=O) groups excluding carboxylic acids is 1. The van der Waals surface area contributed by atoms with Crippen LogP contribution in [0.15, 0.2) is 45.2 Å². The largest absolute Gasteiger partial charge is 0.453 e. The maximum absolute atomic E-state index is 10.6.